The largest absolute Gasteiger partial charge is 0.355 e. The highest BCUT2D eigenvalue weighted by Crippen LogP contribution is 2.33. The van der Waals surface area contributed by atoms with Gasteiger partial charge in [-0.25, -0.2) is 12.7 Å². The molecule has 0 spiro atoms. The average Bonchev–Trinajstić information content (AvgIpc) is 3.07. The molecule has 1 aliphatic rings. The Balaban J connectivity index is 1.96. The summed E-state index contributed by atoms with van der Waals surface area (Å²) < 4.78 is 25.6. The second-order valence-corrected chi connectivity index (χ2v) is 8.88. The predicted molar refractivity (Wildman–Crippen MR) is 107 cm³/mol. The van der Waals surface area contributed by atoms with Crippen molar-refractivity contribution in [2.75, 3.05) is 25.5 Å². The van der Waals surface area contributed by atoms with Crippen LogP contribution in [0.15, 0.2) is 53.4 Å². The molecule has 1 N–H and O–H groups in total. The number of likely N-dealkylation sites (N-methyl/N-ethyl adjacent to an activating group) is 1. The van der Waals surface area contributed by atoms with Gasteiger partial charge in [-0.2, -0.15) is 0 Å². The molecular weight excluding hydrogens is 378 g/mol. The number of fused-ring (bicyclic) bond motifs is 1. The molecule has 0 unspecified atom stereocenters. The zero-order chi connectivity index (χ0) is 20.5. The van der Waals surface area contributed by atoms with Crippen LogP contribution in [0.3, 0.4) is 0 Å². The van der Waals surface area contributed by atoms with Gasteiger partial charge in [0.2, 0.25) is 15.9 Å². The first-order chi connectivity index (χ1) is 13.3. The van der Waals surface area contributed by atoms with Crippen molar-refractivity contribution in [1.82, 2.24) is 9.62 Å². The second-order valence-electron chi connectivity index (χ2n) is 6.73. The van der Waals surface area contributed by atoms with Crippen molar-refractivity contribution in [3.05, 3.63) is 59.7 Å². The Morgan fingerprint density at radius 2 is 1.75 bits per heavy atom. The van der Waals surface area contributed by atoms with Crippen molar-refractivity contribution in [2.45, 2.75) is 24.3 Å². The quantitative estimate of drug-likeness (QED) is 0.825. The maximum Gasteiger partial charge on any atom is 0.259 e. The minimum absolute atomic E-state index is 0.108. The van der Waals surface area contributed by atoms with Crippen molar-refractivity contribution in [3.63, 3.8) is 0 Å². The van der Waals surface area contributed by atoms with Gasteiger partial charge in [-0.1, -0.05) is 18.2 Å². The number of nitrogens with one attached hydrogen (secondary N) is 1. The fourth-order valence-electron chi connectivity index (χ4n) is 3.26. The molecule has 28 heavy (non-hydrogen) atoms. The van der Waals surface area contributed by atoms with E-state index >= 15 is 0 Å². The Hall–Kier alpha value is -2.71. The first-order valence-electron chi connectivity index (χ1n) is 8.99. The zero-order valence-electron chi connectivity index (χ0n) is 16.0. The molecule has 2 aromatic rings. The Morgan fingerprint density at radius 3 is 2.36 bits per heavy atom. The highest BCUT2D eigenvalue weighted by Gasteiger charge is 2.38. The number of hydrogen-bond acceptors (Lipinski definition) is 4. The lowest BCUT2D eigenvalue weighted by Gasteiger charge is -2.25. The Kier molecular flexibility index (Phi) is 5.53. The molecule has 0 aromatic heterocycles. The van der Waals surface area contributed by atoms with Crippen LogP contribution in [0.1, 0.15) is 22.8 Å². The lowest BCUT2D eigenvalue weighted by atomic mass is 10.1. The van der Waals surface area contributed by atoms with E-state index in [9.17, 15) is 18.0 Å². The van der Waals surface area contributed by atoms with E-state index in [2.05, 4.69) is 5.32 Å². The lowest BCUT2D eigenvalue weighted by molar-refractivity contribution is -0.122. The van der Waals surface area contributed by atoms with Gasteiger partial charge in [-0.3, -0.25) is 14.5 Å². The lowest BCUT2D eigenvalue weighted by Crippen LogP contribution is -2.48. The summed E-state index contributed by atoms with van der Waals surface area (Å²) in [5.74, 6) is -0.547. The van der Waals surface area contributed by atoms with Crippen LogP contribution in [-0.4, -0.2) is 51.2 Å². The fraction of sp³-hybridized carbons (Fsp3) is 0.300. The third-order valence-corrected chi connectivity index (χ3v) is 6.56. The van der Waals surface area contributed by atoms with Gasteiger partial charge in [-0.05, 0) is 42.8 Å². The second kappa shape index (κ2) is 7.73. The summed E-state index contributed by atoms with van der Waals surface area (Å²) in [5.41, 5.74) is 1.95. The summed E-state index contributed by atoms with van der Waals surface area (Å²) in [6.07, 6.45) is 0.445. The zero-order valence-corrected chi connectivity index (χ0v) is 16.9. The van der Waals surface area contributed by atoms with E-state index in [1.54, 1.807) is 0 Å². The van der Waals surface area contributed by atoms with E-state index in [0.717, 1.165) is 9.87 Å². The third-order valence-electron chi connectivity index (χ3n) is 4.73. The number of carbonyl (C=O) groups excluding carboxylic acids is 2. The number of carbonyl (C=O) groups is 2. The van der Waals surface area contributed by atoms with Gasteiger partial charge in [0.05, 0.1) is 4.90 Å². The molecule has 148 valence electrons. The van der Waals surface area contributed by atoms with Crippen molar-refractivity contribution < 1.29 is 18.0 Å². The Bertz CT molecular complexity index is 1000. The van der Waals surface area contributed by atoms with Crippen LogP contribution in [0.2, 0.25) is 0 Å². The summed E-state index contributed by atoms with van der Waals surface area (Å²) in [6, 6.07) is 12.6. The minimum atomic E-state index is -3.57. The maximum absolute atomic E-state index is 13.2. The van der Waals surface area contributed by atoms with Crippen LogP contribution in [-0.2, 0) is 21.2 Å². The number of sulfonamides is 1. The van der Waals surface area contributed by atoms with E-state index in [1.165, 1.54) is 43.3 Å². The SMILES string of the molecule is CCNC(=O)[C@H]1Cc2ccccc2N1C(=O)c1ccc(S(=O)(=O)N(C)C)cc1. The molecule has 2 amide bonds. The van der Waals surface area contributed by atoms with Crippen molar-refractivity contribution in [2.24, 2.45) is 0 Å². The smallest absolute Gasteiger partial charge is 0.259 e. The van der Waals surface area contributed by atoms with Crippen molar-refractivity contribution in [3.8, 4) is 0 Å². The van der Waals surface area contributed by atoms with Gasteiger partial charge < -0.3 is 5.32 Å². The minimum Gasteiger partial charge on any atom is -0.355 e. The molecule has 0 saturated heterocycles. The predicted octanol–water partition coefficient (Wildman–Crippen LogP) is 1.64. The van der Waals surface area contributed by atoms with Crippen molar-refractivity contribution >= 4 is 27.5 Å². The van der Waals surface area contributed by atoms with Crippen LogP contribution >= 0.6 is 0 Å². The monoisotopic (exact) mass is 401 g/mol. The van der Waals surface area contributed by atoms with Crippen LogP contribution in [0, 0.1) is 0 Å². The average molecular weight is 401 g/mol. The molecule has 0 fully saturated rings. The molecule has 0 bridgehead atoms. The summed E-state index contributed by atoms with van der Waals surface area (Å²) >= 11 is 0. The van der Waals surface area contributed by atoms with E-state index in [1.807, 2.05) is 31.2 Å². The van der Waals surface area contributed by atoms with E-state index in [0.29, 0.717) is 24.2 Å². The van der Waals surface area contributed by atoms with Gasteiger partial charge in [0.1, 0.15) is 6.04 Å². The highest BCUT2D eigenvalue weighted by molar-refractivity contribution is 7.89. The van der Waals surface area contributed by atoms with E-state index < -0.39 is 16.1 Å². The van der Waals surface area contributed by atoms with E-state index in [4.69, 9.17) is 0 Å². The van der Waals surface area contributed by atoms with Crippen LogP contribution in [0.5, 0.6) is 0 Å². The maximum atomic E-state index is 13.2. The Morgan fingerprint density at radius 1 is 1.11 bits per heavy atom. The number of amides is 2. The van der Waals surface area contributed by atoms with Gasteiger partial charge in [0.15, 0.2) is 0 Å². The normalized spacial score (nSPS) is 16.1. The van der Waals surface area contributed by atoms with E-state index in [-0.39, 0.29) is 16.7 Å². The molecule has 1 aliphatic heterocycles. The van der Waals surface area contributed by atoms with Gasteiger partial charge in [0, 0.05) is 38.3 Å². The first-order valence-corrected chi connectivity index (χ1v) is 10.4. The molecule has 3 rings (SSSR count). The molecule has 0 saturated carbocycles. The van der Waals surface area contributed by atoms with Crippen LogP contribution < -0.4 is 10.2 Å². The molecule has 7 nitrogen and oxygen atoms in total. The van der Waals surface area contributed by atoms with Crippen molar-refractivity contribution in [1.29, 1.82) is 0 Å². The summed E-state index contributed by atoms with van der Waals surface area (Å²) in [7, 11) is -0.672. The van der Waals surface area contributed by atoms with Gasteiger partial charge in [-0.15, -0.1) is 0 Å². The molecule has 8 heteroatoms. The summed E-state index contributed by atoms with van der Waals surface area (Å²) in [5, 5.41) is 2.78. The van der Waals surface area contributed by atoms with Gasteiger partial charge >= 0.3 is 0 Å². The number of para-hydroxylation sites is 1. The fourth-order valence-corrected chi connectivity index (χ4v) is 4.16. The molecule has 2 aromatic carbocycles. The highest BCUT2D eigenvalue weighted by atomic mass is 32.2. The molecular formula is C20H23N3O4S. The summed E-state index contributed by atoms with van der Waals surface area (Å²) in [6.45, 7) is 2.31. The molecule has 1 heterocycles. The Labute approximate surface area is 165 Å². The molecule has 0 aliphatic carbocycles. The summed E-state index contributed by atoms with van der Waals surface area (Å²) in [4.78, 5) is 27.3. The number of nitrogens with zero attached hydrogens (tertiary/aromatic N) is 2. The third kappa shape index (κ3) is 3.53. The number of anilines is 1. The number of rotatable bonds is 5. The van der Waals surface area contributed by atoms with Gasteiger partial charge in [0.25, 0.3) is 5.91 Å². The van der Waals surface area contributed by atoms with Crippen LogP contribution in [0.4, 0.5) is 5.69 Å². The first kappa shape index (κ1) is 20.0. The topological polar surface area (TPSA) is 86.8 Å². The molecule has 1 atom stereocenters. The number of hydrogen-bond donors (Lipinski definition) is 1. The standard InChI is InChI=1S/C20H23N3O4S/c1-4-21-19(24)18-13-15-7-5-6-8-17(15)23(18)20(25)14-9-11-16(12-10-14)28(26,27)22(2)3/h5-12,18H,4,13H2,1-3H3,(H,21,24)/t18-/m1/s1. The molecule has 0 radical (unpaired) electrons. The number of benzene rings is 2. The van der Waals surface area contributed by atoms with Crippen LogP contribution in [0.25, 0.3) is 0 Å².